The predicted molar refractivity (Wildman–Crippen MR) is 119 cm³/mol. The summed E-state index contributed by atoms with van der Waals surface area (Å²) in [7, 11) is 0. The Morgan fingerprint density at radius 1 is 1.23 bits per heavy atom. The number of benzene rings is 1. The van der Waals surface area contributed by atoms with Gasteiger partial charge in [0.2, 0.25) is 5.52 Å². The van der Waals surface area contributed by atoms with Gasteiger partial charge in [0.15, 0.2) is 11.8 Å². The van der Waals surface area contributed by atoms with Crippen LogP contribution in [0.1, 0.15) is 81.9 Å². The summed E-state index contributed by atoms with van der Waals surface area (Å²) < 4.78 is 12.6. The van der Waals surface area contributed by atoms with E-state index in [0.717, 1.165) is 52.5 Å². The Morgan fingerprint density at radius 3 is 2.57 bits per heavy atom. The van der Waals surface area contributed by atoms with Crippen molar-refractivity contribution in [3.63, 3.8) is 0 Å². The Hall–Kier alpha value is -2.40. The van der Waals surface area contributed by atoms with Crippen LogP contribution in [0.5, 0.6) is 0 Å². The maximum absolute atomic E-state index is 13.0. The average molecular weight is 412 g/mol. The number of rotatable bonds is 5. The second kappa shape index (κ2) is 8.76. The van der Waals surface area contributed by atoms with E-state index in [9.17, 15) is 10.0 Å². The van der Waals surface area contributed by atoms with E-state index < -0.39 is 17.7 Å². The lowest BCUT2D eigenvalue weighted by Crippen LogP contribution is -2.32. The van der Waals surface area contributed by atoms with Crippen molar-refractivity contribution in [3.05, 3.63) is 51.9 Å². The number of carbonyl (C=O) groups is 1. The van der Waals surface area contributed by atoms with Gasteiger partial charge in [0.1, 0.15) is 0 Å². The number of fused-ring (bicyclic) bond motifs is 1. The highest BCUT2D eigenvalue weighted by Gasteiger charge is 2.34. The van der Waals surface area contributed by atoms with Gasteiger partial charge in [-0.15, -0.1) is 0 Å². The van der Waals surface area contributed by atoms with E-state index in [0.29, 0.717) is 11.2 Å². The van der Waals surface area contributed by atoms with Gasteiger partial charge >= 0.3 is 5.97 Å². The molecule has 1 heterocycles. The second-order valence-corrected chi connectivity index (χ2v) is 9.02. The van der Waals surface area contributed by atoms with Crippen LogP contribution >= 0.6 is 0 Å². The number of hydrogen-bond acceptors (Lipinski definition) is 4. The molecule has 0 saturated carbocycles. The molecule has 0 unspecified atom stereocenters. The zero-order chi connectivity index (χ0) is 22.1. The summed E-state index contributed by atoms with van der Waals surface area (Å²) in [5, 5.41) is 13.7. The third-order valence-corrected chi connectivity index (χ3v) is 5.47. The molecule has 5 heteroatoms. The Kier molecular flexibility index (Phi) is 6.51. The summed E-state index contributed by atoms with van der Waals surface area (Å²) in [6, 6.07) is 5.70. The van der Waals surface area contributed by atoms with E-state index >= 15 is 0 Å². The van der Waals surface area contributed by atoms with Crippen molar-refractivity contribution >= 4 is 22.4 Å². The third kappa shape index (κ3) is 4.51. The summed E-state index contributed by atoms with van der Waals surface area (Å²) in [5.74, 6) is -0.394. The second-order valence-electron chi connectivity index (χ2n) is 9.02. The van der Waals surface area contributed by atoms with Crippen molar-refractivity contribution < 1.29 is 19.0 Å². The van der Waals surface area contributed by atoms with E-state index in [1.54, 1.807) is 13.8 Å². The maximum Gasteiger partial charge on any atom is 0.339 e. The molecule has 0 fully saturated rings. The lowest BCUT2D eigenvalue weighted by atomic mass is 9.84. The van der Waals surface area contributed by atoms with E-state index in [1.165, 1.54) is 5.57 Å². The first-order chi connectivity index (χ1) is 14.1. The molecule has 0 N–H and O–H groups in total. The van der Waals surface area contributed by atoms with Crippen LogP contribution in [0.2, 0.25) is 0 Å². The number of nitrogens with zero attached hydrogens (tertiary/aromatic N) is 1. The van der Waals surface area contributed by atoms with Crippen molar-refractivity contribution in [1.29, 1.82) is 0 Å². The molecule has 3 rings (SSSR count). The monoisotopic (exact) mass is 411 g/mol. The van der Waals surface area contributed by atoms with Gasteiger partial charge in [-0.1, -0.05) is 6.08 Å². The fraction of sp³-hybridized carbons (Fsp3) is 0.520. The number of esters is 1. The molecule has 5 nitrogen and oxygen atoms in total. The van der Waals surface area contributed by atoms with Crippen LogP contribution in [-0.2, 0) is 14.3 Å². The molecule has 2 aromatic rings. The van der Waals surface area contributed by atoms with E-state index in [1.807, 2.05) is 45.9 Å². The van der Waals surface area contributed by atoms with E-state index in [2.05, 4.69) is 6.08 Å². The largest absolute Gasteiger partial charge is 0.618 e. The first-order valence-electron chi connectivity index (χ1n) is 10.8. The van der Waals surface area contributed by atoms with Crippen LogP contribution in [0.25, 0.3) is 16.5 Å². The van der Waals surface area contributed by atoms with Crippen molar-refractivity contribution in [2.24, 2.45) is 0 Å². The number of hydrogen-bond donors (Lipinski definition) is 0. The highest BCUT2D eigenvalue weighted by atomic mass is 16.6. The fourth-order valence-corrected chi connectivity index (χ4v) is 4.17. The lowest BCUT2D eigenvalue weighted by molar-refractivity contribution is -0.584. The first kappa shape index (κ1) is 22.3. The molecule has 0 spiro atoms. The van der Waals surface area contributed by atoms with Gasteiger partial charge in [-0.2, -0.15) is 4.73 Å². The van der Waals surface area contributed by atoms with Crippen molar-refractivity contribution in [2.45, 2.75) is 78.9 Å². The molecular formula is C25H33NO4. The Labute approximate surface area is 179 Å². The minimum atomic E-state index is -0.853. The topological polar surface area (TPSA) is 62.5 Å². The number of ether oxygens (including phenoxy) is 2. The molecular weight excluding hydrogens is 378 g/mol. The van der Waals surface area contributed by atoms with Crippen LogP contribution < -0.4 is 4.73 Å². The summed E-state index contributed by atoms with van der Waals surface area (Å²) in [5.41, 5.74) is 4.54. The van der Waals surface area contributed by atoms with Crippen LogP contribution in [-0.4, -0.2) is 18.2 Å². The molecule has 0 radical (unpaired) electrons. The number of pyridine rings is 1. The standard InChI is InChI=1S/C25H33NO4/c1-7-29-24(27)23(30-25(4,5)6)21-16(2)15-20-19(14-13-17(3)26(20)28)22(21)18-11-9-8-10-12-18/h11,13-15,23H,7-10,12H2,1-6H3/t23-/m0/s1. The third-order valence-electron chi connectivity index (χ3n) is 5.47. The van der Waals surface area contributed by atoms with Crippen molar-refractivity contribution in [3.8, 4) is 0 Å². The molecule has 1 atom stereocenters. The highest BCUT2D eigenvalue weighted by Crippen LogP contribution is 2.40. The normalized spacial score (nSPS) is 15.7. The molecule has 1 aliphatic rings. The summed E-state index contributed by atoms with van der Waals surface area (Å²) >= 11 is 0. The molecule has 0 bridgehead atoms. The summed E-state index contributed by atoms with van der Waals surface area (Å²) in [6.07, 6.45) is 5.56. The number of aromatic nitrogens is 1. The molecule has 0 amide bonds. The van der Waals surface area contributed by atoms with E-state index in [4.69, 9.17) is 9.47 Å². The van der Waals surface area contributed by atoms with Crippen LogP contribution in [0.3, 0.4) is 0 Å². The summed E-state index contributed by atoms with van der Waals surface area (Å²) in [6.45, 7) is 11.6. The fourth-order valence-electron chi connectivity index (χ4n) is 4.17. The lowest BCUT2D eigenvalue weighted by Gasteiger charge is -2.30. The van der Waals surface area contributed by atoms with Crippen molar-refractivity contribution in [2.75, 3.05) is 6.61 Å². The van der Waals surface area contributed by atoms with Crippen LogP contribution in [0.15, 0.2) is 24.3 Å². The zero-order valence-electron chi connectivity index (χ0n) is 19.0. The minimum Gasteiger partial charge on any atom is -0.618 e. The molecule has 0 aliphatic heterocycles. The number of allylic oxidation sites excluding steroid dienone is 2. The van der Waals surface area contributed by atoms with Gasteiger partial charge in [-0.3, -0.25) is 0 Å². The van der Waals surface area contributed by atoms with Gasteiger partial charge in [0.25, 0.3) is 0 Å². The van der Waals surface area contributed by atoms with Gasteiger partial charge in [-0.05, 0) is 83.1 Å². The summed E-state index contributed by atoms with van der Waals surface area (Å²) in [4.78, 5) is 13.0. The molecule has 0 saturated heterocycles. The molecule has 30 heavy (non-hydrogen) atoms. The zero-order valence-corrected chi connectivity index (χ0v) is 19.0. The average Bonchev–Trinajstić information content (AvgIpc) is 2.69. The van der Waals surface area contributed by atoms with Gasteiger partial charge in [0.05, 0.1) is 17.6 Å². The van der Waals surface area contributed by atoms with E-state index in [-0.39, 0.29) is 6.61 Å². The Bertz CT molecular complexity index is 985. The number of aryl methyl sites for hydroxylation is 2. The SMILES string of the molecule is CCOC(=O)[C@@H](OC(C)(C)C)c1c(C)cc2c(ccc(C)[n+]2[O-])c1C1=CCCCC1. The molecule has 1 aromatic heterocycles. The smallest absolute Gasteiger partial charge is 0.339 e. The highest BCUT2D eigenvalue weighted by molar-refractivity contribution is 5.95. The van der Waals surface area contributed by atoms with Crippen LogP contribution in [0, 0.1) is 19.1 Å². The quantitative estimate of drug-likeness (QED) is 0.372. The van der Waals surface area contributed by atoms with Gasteiger partial charge in [0, 0.05) is 24.6 Å². The Balaban J connectivity index is 2.36. The first-order valence-corrected chi connectivity index (χ1v) is 10.8. The van der Waals surface area contributed by atoms with Crippen LogP contribution in [0.4, 0.5) is 0 Å². The maximum atomic E-state index is 13.0. The molecule has 1 aliphatic carbocycles. The number of carbonyl (C=O) groups excluding carboxylic acids is 1. The molecule has 162 valence electrons. The Morgan fingerprint density at radius 2 is 1.97 bits per heavy atom. The van der Waals surface area contributed by atoms with Gasteiger partial charge in [-0.25, -0.2) is 4.79 Å². The molecule has 1 aromatic carbocycles. The minimum absolute atomic E-state index is 0.285. The van der Waals surface area contributed by atoms with Gasteiger partial charge < -0.3 is 14.7 Å². The van der Waals surface area contributed by atoms with Crippen molar-refractivity contribution in [1.82, 2.24) is 0 Å². The predicted octanol–water partition coefficient (Wildman–Crippen LogP) is 5.47.